The molecule has 0 aromatic heterocycles. The van der Waals surface area contributed by atoms with Crippen molar-refractivity contribution in [2.24, 2.45) is 0 Å². The first-order valence-electron chi connectivity index (χ1n) is 4.67. The molecule has 0 saturated carbocycles. The summed E-state index contributed by atoms with van der Waals surface area (Å²) in [5.74, 6) is -1.95. The molecule has 1 nitrogen and oxygen atoms in total. The molecule has 1 atom stereocenters. The van der Waals surface area contributed by atoms with Crippen molar-refractivity contribution in [3.8, 4) is 0 Å². The molecule has 0 aliphatic rings. The topological polar surface area (TPSA) is 20.2 Å². The lowest BCUT2D eigenvalue weighted by molar-refractivity contribution is 0.105. The molecule has 15 heavy (non-hydrogen) atoms. The van der Waals surface area contributed by atoms with E-state index in [1.54, 1.807) is 13.8 Å². The quantitative estimate of drug-likeness (QED) is 0.747. The van der Waals surface area contributed by atoms with Gasteiger partial charge in [-0.05, 0) is 26.8 Å². The molecule has 0 fully saturated rings. The fraction of sp³-hybridized carbons (Fsp3) is 0.333. The second kappa shape index (κ2) is 4.11. The maximum Gasteiger partial charge on any atom is 0.165 e. The summed E-state index contributed by atoms with van der Waals surface area (Å²) in [6, 6.07) is 3.77. The minimum Gasteiger partial charge on any atom is -0.381 e. The van der Waals surface area contributed by atoms with E-state index in [9.17, 15) is 13.9 Å². The molecule has 0 radical (unpaired) electrons. The molecule has 0 heterocycles. The van der Waals surface area contributed by atoms with Crippen molar-refractivity contribution < 1.29 is 13.9 Å². The first kappa shape index (κ1) is 11.9. The van der Waals surface area contributed by atoms with Gasteiger partial charge in [-0.2, -0.15) is 0 Å². The van der Waals surface area contributed by atoms with Crippen molar-refractivity contribution >= 4 is 0 Å². The Balaban J connectivity index is 3.27. The van der Waals surface area contributed by atoms with Crippen molar-refractivity contribution in [3.63, 3.8) is 0 Å². The van der Waals surface area contributed by atoms with Crippen LogP contribution in [0.2, 0.25) is 0 Å². The van der Waals surface area contributed by atoms with Crippen LogP contribution in [0.5, 0.6) is 0 Å². The molecule has 0 amide bonds. The maximum absolute atomic E-state index is 13.4. The number of rotatable bonds is 2. The lowest BCUT2D eigenvalue weighted by Crippen LogP contribution is -2.20. The SMILES string of the molecule is CC(C)=CC(C)(O)c1cccc(F)c1F. The largest absolute Gasteiger partial charge is 0.381 e. The second-order valence-electron chi connectivity index (χ2n) is 3.97. The van der Waals surface area contributed by atoms with E-state index in [1.165, 1.54) is 25.1 Å². The smallest absolute Gasteiger partial charge is 0.165 e. The Hall–Kier alpha value is -1.22. The van der Waals surface area contributed by atoms with E-state index in [2.05, 4.69) is 0 Å². The molecule has 0 aliphatic carbocycles. The standard InChI is InChI=1S/C12H14F2O/c1-8(2)7-12(3,15)9-5-4-6-10(13)11(9)14/h4-7,15H,1-3H3. The molecule has 3 heteroatoms. The summed E-state index contributed by atoms with van der Waals surface area (Å²) in [5.41, 5.74) is -0.697. The molecule has 1 N–H and O–H groups in total. The van der Waals surface area contributed by atoms with Gasteiger partial charge in [-0.15, -0.1) is 0 Å². The molecule has 1 rings (SSSR count). The Morgan fingerprint density at radius 3 is 2.47 bits per heavy atom. The molecule has 0 aliphatic heterocycles. The molecule has 1 unspecified atom stereocenters. The van der Waals surface area contributed by atoms with Gasteiger partial charge >= 0.3 is 0 Å². The van der Waals surface area contributed by atoms with E-state index in [4.69, 9.17) is 0 Å². The Kier molecular flexibility index (Phi) is 3.25. The minimum absolute atomic E-state index is 0.0521. The van der Waals surface area contributed by atoms with Crippen molar-refractivity contribution in [2.75, 3.05) is 0 Å². The van der Waals surface area contributed by atoms with Gasteiger partial charge in [0.05, 0.1) is 0 Å². The van der Waals surface area contributed by atoms with Crippen molar-refractivity contribution in [1.29, 1.82) is 0 Å². The van der Waals surface area contributed by atoms with Crippen molar-refractivity contribution in [2.45, 2.75) is 26.4 Å². The summed E-state index contributed by atoms with van der Waals surface area (Å²) < 4.78 is 26.3. The van der Waals surface area contributed by atoms with Gasteiger partial charge in [0, 0.05) is 5.56 Å². The van der Waals surface area contributed by atoms with Crippen LogP contribution in [0.1, 0.15) is 26.3 Å². The zero-order chi connectivity index (χ0) is 11.6. The normalized spacial score (nSPS) is 14.5. The van der Waals surface area contributed by atoms with Crippen molar-refractivity contribution in [3.05, 3.63) is 47.0 Å². The third kappa shape index (κ3) is 2.63. The molecule has 1 aromatic carbocycles. The Labute approximate surface area is 88.1 Å². The van der Waals surface area contributed by atoms with Crippen LogP contribution in [0.15, 0.2) is 29.8 Å². The van der Waals surface area contributed by atoms with Crippen LogP contribution in [0.25, 0.3) is 0 Å². The van der Waals surface area contributed by atoms with E-state index >= 15 is 0 Å². The van der Waals surface area contributed by atoms with Crippen LogP contribution in [0.4, 0.5) is 8.78 Å². The van der Waals surface area contributed by atoms with Crippen LogP contribution in [0, 0.1) is 11.6 Å². The van der Waals surface area contributed by atoms with Crippen LogP contribution in [-0.4, -0.2) is 5.11 Å². The zero-order valence-electron chi connectivity index (χ0n) is 9.01. The number of benzene rings is 1. The van der Waals surface area contributed by atoms with Gasteiger partial charge in [0.25, 0.3) is 0 Å². The van der Waals surface area contributed by atoms with Gasteiger partial charge in [0.1, 0.15) is 5.60 Å². The summed E-state index contributed by atoms with van der Waals surface area (Å²) in [5, 5.41) is 9.98. The van der Waals surface area contributed by atoms with E-state index in [1.807, 2.05) is 0 Å². The first-order chi connectivity index (χ1) is 6.84. The number of hydrogen-bond acceptors (Lipinski definition) is 1. The summed E-state index contributed by atoms with van der Waals surface area (Å²) in [6.07, 6.45) is 1.49. The summed E-state index contributed by atoms with van der Waals surface area (Å²) in [7, 11) is 0. The highest BCUT2D eigenvalue weighted by atomic mass is 19.2. The summed E-state index contributed by atoms with van der Waals surface area (Å²) >= 11 is 0. The number of aliphatic hydroxyl groups is 1. The van der Waals surface area contributed by atoms with Crippen LogP contribution in [-0.2, 0) is 5.60 Å². The lowest BCUT2D eigenvalue weighted by atomic mass is 9.93. The summed E-state index contributed by atoms with van der Waals surface area (Å²) in [4.78, 5) is 0. The van der Waals surface area contributed by atoms with Crippen LogP contribution >= 0.6 is 0 Å². The predicted octanol–water partition coefficient (Wildman–Crippen LogP) is 3.14. The van der Waals surface area contributed by atoms with Gasteiger partial charge < -0.3 is 5.11 Å². The molecule has 0 saturated heterocycles. The fourth-order valence-electron chi connectivity index (χ4n) is 1.53. The molecular formula is C12H14F2O. The second-order valence-corrected chi connectivity index (χ2v) is 3.97. The van der Waals surface area contributed by atoms with Crippen LogP contribution in [0.3, 0.4) is 0 Å². The highest BCUT2D eigenvalue weighted by molar-refractivity contribution is 5.29. The average molecular weight is 212 g/mol. The van der Waals surface area contributed by atoms with Gasteiger partial charge in [-0.25, -0.2) is 8.78 Å². The molecule has 0 spiro atoms. The fourth-order valence-corrected chi connectivity index (χ4v) is 1.53. The first-order valence-corrected chi connectivity index (χ1v) is 4.67. The van der Waals surface area contributed by atoms with Gasteiger partial charge in [0.2, 0.25) is 0 Å². The van der Waals surface area contributed by atoms with E-state index in [-0.39, 0.29) is 5.56 Å². The van der Waals surface area contributed by atoms with E-state index in [0.29, 0.717) is 0 Å². The number of allylic oxidation sites excluding steroid dienone is 1. The van der Waals surface area contributed by atoms with E-state index < -0.39 is 17.2 Å². The zero-order valence-corrected chi connectivity index (χ0v) is 9.01. The van der Waals surface area contributed by atoms with Gasteiger partial charge in [0.15, 0.2) is 11.6 Å². The van der Waals surface area contributed by atoms with Gasteiger partial charge in [-0.1, -0.05) is 23.8 Å². The highest BCUT2D eigenvalue weighted by Crippen LogP contribution is 2.27. The van der Waals surface area contributed by atoms with Crippen molar-refractivity contribution in [1.82, 2.24) is 0 Å². The third-order valence-corrected chi connectivity index (χ3v) is 2.07. The van der Waals surface area contributed by atoms with Crippen LogP contribution < -0.4 is 0 Å². The Bertz CT molecular complexity index is 391. The minimum atomic E-state index is -1.48. The monoisotopic (exact) mass is 212 g/mol. The molecule has 1 aromatic rings. The molecule has 0 bridgehead atoms. The Morgan fingerprint density at radius 2 is 1.93 bits per heavy atom. The summed E-state index contributed by atoms with van der Waals surface area (Å²) in [6.45, 7) is 5.00. The van der Waals surface area contributed by atoms with Gasteiger partial charge in [-0.3, -0.25) is 0 Å². The number of hydrogen-bond donors (Lipinski definition) is 1. The lowest BCUT2D eigenvalue weighted by Gasteiger charge is -2.21. The Morgan fingerprint density at radius 1 is 1.33 bits per heavy atom. The third-order valence-electron chi connectivity index (χ3n) is 2.07. The predicted molar refractivity (Wildman–Crippen MR) is 55.4 cm³/mol. The average Bonchev–Trinajstić information content (AvgIpc) is 2.07. The maximum atomic E-state index is 13.4. The molecular weight excluding hydrogens is 198 g/mol. The number of halogens is 2. The molecule has 82 valence electrons. The highest BCUT2D eigenvalue weighted by Gasteiger charge is 2.25. The van der Waals surface area contributed by atoms with E-state index in [0.717, 1.165) is 11.6 Å².